The number of H-pyrrole nitrogens is 1. The molecule has 1 atom stereocenters. The molecule has 2 rings (SSSR count). The van der Waals surface area contributed by atoms with Gasteiger partial charge in [-0.25, -0.2) is 9.59 Å². The maximum atomic E-state index is 12.6. The second kappa shape index (κ2) is 7.84. The Morgan fingerprint density at radius 3 is 2.36 bits per heavy atom. The molecule has 1 N–H and O–H groups in total. The van der Waals surface area contributed by atoms with Crippen molar-refractivity contribution in [3.8, 4) is 0 Å². The summed E-state index contributed by atoms with van der Waals surface area (Å²) in [4.78, 5) is 39.8. The molecular weight excluding hydrogens is 478 g/mol. The first kappa shape index (κ1) is 19.9. The maximum Gasteiger partial charge on any atom is 0.349 e. The number of halogens is 2. The molecule has 2 aromatic rings. The maximum absolute atomic E-state index is 12.6. The van der Waals surface area contributed by atoms with E-state index in [0.717, 1.165) is 8.26 Å². The first-order valence-electron chi connectivity index (χ1n) is 7.14. The topological polar surface area (TPSA) is 85.5 Å². The van der Waals surface area contributed by atoms with E-state index in [1.54, 1.807) is 19.9 Å². The molecule has 0 radical (unpaired) electrons. The minimum absolute atomic E-state index is 0.228. The Balaban J connectivity index is 2.20. The molecule has 25 heavy (non-hydrogen) atoms. The van der Waals surface area contributed by atoms with Crippen LogP contribution in [-0.4, -0.2) is 35.9 Å². The van der Waals surface area contributed by atoms with Gasteiger partial charge in [0.25, 0.3) is 0 Å². The standard InChI is InChI=1S/C16H15Br2NO5S/c1-6-11(16(22)23-4)7(2)19-12(6)13(20)8(3)24-15(21)10-5-9(17)14(18)25-10/h5,8,19H,1-4H3/t8-/m1/s1. The number of nitrogens with one attached hydrogen (secondary N) is 1. The number of aryl methyl sites for hydroxylation is 1. The average Bonchev–Trinajstić information content (AvgIpc) is 3.05. The number of rotatable bonds is 5. The van der Waals surface area contributed by atoms with Gasteiger partial charge in [-0.3, -0.25) is 4.79 Å². The van der Waals surface area contributed by atoms with Crippen LogP contribution in [0.15, 0.2) is 14.3 Å². The van der Waals surface area contributed by atoms with E-state index in [0.29, 0.717) is 21.7 Å². The molecule has 0 aliphatic heterocycles. The number of Topliss-reactive ketones (excluding diaryl/α,β-unsaturated/α-hetero) is 1. The molecule has 6 nitrogen and oxygen atoms in total. The van der Waals surface area contributed by atoms with Crippen molar-refractivity contribution < 1.29 is 23.9 Å². The highest BCUT2D eigenvalue weighted by Crippen LogP contribution is 2.33. The van der Waals surface area contributed by atoms with E-state index >= 15 is 0 Å². The Bertz CT molecular complexity index is 836. The van der Waals surface area contributed by atoms with Crippen molar-refractivity contribution in [3.63, 3.8) is 0 Å². The predicted octanol–water partition coefficient (Wildman–Crippen LogP) is 4.43. The number of ketones is 1. The van der Waals surface area contributed by atoms with Crippen LogP contribution in [0.3, 0.4) is 0 Å². The van der Waals surface area contributed by atoms with E-state index in [4.69, 9.17) is 9.47 Å². The molecule has 2 heterocycles. The van der Waals surface area contributed by atoms with E-state index < -0.39 is 23.8 Å². The van der Waals surface area contributed by atoms with Crippen LogP contribution in [0.2, 0.25) is 0 Å². The minimum Gasteiger partial charge on any atom is -0.465 e. The summed E-state index contributed by atoms with van der Waals surface area (Å²) in [5, 5.41) is 0. The number of thiophene rings is 1. The van der Waals surface area contributed by atoms with Crippen molar-refractivity contribution in [2.24, 2.45) is 0 Å². The van der Waals surface area contributed by atoms with Crippen molar-refractivity contribution in [2.45, 2.75) is 26.9 Å². The number of aromatic nitrogens is 1. The first-order valence-corrected chi connectivity index (χ1v) is 9.55. The van der Waals surface area contributed by atoms with Crippen molar-refractivity contribution in [2.75, 3.05) is 7.11 Å². The summed E-state index contributed by atoms with van der Waals surface area (Å²) in [5.74, 6) is -1.53. The summed E-state index contributed by atoms with van der Waals surface area (Å²) >= 11 is 7.81. The number of aromatic amines is 1. The molecule has 0 spiro atoms. The van der Waals surface area contributed by atoms with Crippen LogP contribution in [-0.2, 0) is 9.47 Å². The fourth-order valence-corrected chi connectivity index (χ4v) is 4.25. The summed E-state index contributed by atoms with van der Waals surface area (Å²) in [7, 11) is 1.28. The fraction of sp³-hybridized carbons (Fsp3) is 0.312. The lowest BCUT2D eigenvalue weighted by Crippen LogP contribution is -2.25. The fourth-order valence-electron chi connectivity index (χ4n) is 2.33. The van der Waals surface area contributed by atoms with Crippen LogP contribution in [0.1, 0.15) is 48.7 Å². The van der Waals surface area contributed by atoms with Crippen molar-refractivity contribution in [3.05, 3.63) is 41.7 Å². The molecule has 9 heteroatoms. The number of methoxy groups -OCH3 is 1. The van der Waals surface area contributed by atoms with Gasteiger partial charge in [-0.1, -0.05) is 0 Å². The van der Waals surface area contributed by atoms with Crippen LogP contribution in [0.5, 0.6) is 0 Å². The number of ether oxygens (including phenoxy) is 2. The molecule has 0 unspecified atom stereocenters. The quantitative estimate of drug-likeness (QED) is 0.492. The van der Waals surface area contributed by atoms with E-state index in [2.05, 4.69) is 36.8 Å². The van der Waals surface area contributed by atoms with Gasteiger partial charge in [0.2, 0.25) is 5.78 Å². The van der Waals surface area contributed by atoms with Gasteiger partial charge < -0.3 is 14.5 Å². The third kappa shape index (κ3) is 4.04. The Morgan fingerprint density at radius 2 is 1.84 bits per heavy atom. The van der Waals surface area contributed by atoms with Crippen LogP contribution in [0.25, 0.3) is 0 Å². The summed E-state index contributed by atoms with van der Waals surface area (Å²) < 4.78 is 11.5. The summed E-state index contributed by atoms with van der Waals surface area (Å²) in [6.07, 6.45) is -1.01. The molecule has 0 bridgehead atoms. The second-order valence-electron chi connectivity index (χ2n) is 5.26. The third-order valence-corrected chi connectivity index (χ3v) is 6.81. The molecule has 0 aromatic carbocycles. The molecule has 0 fully saturated rings. The van der Waals surface area contributed by atoms with Crippen LogP contribution in [0.4, 0.5) is 0 Å². The minimum atomic E-state index is -1.01. The molecule has 0 aliphatic rings. The number of hydrogen-bond donors (Lipinski definition) is 1. The van der Waals surface area contributed by atoms with Crippen molar-refractivity contribution in [1.82, 2.24) is 4.98 Å². The van der Waals surface area contributed by atoms with Crippen molar-refractivity contribution in [1.29, 1.82) is 0 Å². The molecule has 134 valence electrons. The lowest BCUT2D eigenvalue weighted by atomic mass is 10.1. The smallest absolute Gasteiger partial charge is 0.349 e. The molecule has 0 aliphatic carbocycles. The summed E-state index contributed by atoms with van der Waals surface area (Å²) in [6.45, 7) is 4.81. The van der Waals surface area contributed by atoms with Crippen LogP contribution >= 0.6 is 43.2 Å². The van der Waals surface area contributed by atoms with E-state index in [-0.39, 0.29) is 5.69 Å². The number of esters is 2. The van der Waals surface area contributed by atoms with Crippen molar-refractivity contribution >= 4 is 60.9 Å². The highest BCUT2D eigenvalue weighted by molar-refractivity contribution is 9.13. The average molecular weight is 493 g/mol. The largest absolute Gasteiger partial charge is 0.465 e. The lowest BCUT2D eigenvalue weighted by molar-refractivity contribution is 0.0321. The number of carbonyl (C=O) groups excluding carboxylic acids is 3. The normalized spacial score (nSPS) is 11.9. The van der Waals surface area contributed by atoms with Crippen LogP contribution in [0, 0.1) is 13.8 Å². The SMILES string of the molecule is COC(=O)c1c(C)[nH]c(C(=O)[C@@H](C)OC(=O)c2cc(Br)c(Br)s2)c1C. The highest BCUT2D eigenvalue weighted by atomic mass is 79.9. The lowest BCUT2D eigenvalue weighted by Gasteiger charge is -2.11. The zero-order chi connectivity index (χ0) is 18.9. The summed E-state index contributed by atoms with van der Waals surface area (Å²) in [6, 6.07) is 1.62. The number of carbonyl (C=O) groups is 3. The zero-order valence-electron chi connectivity index (χ0n) is 13.9. The molecule has 2 aromatic heterocycles. The van der Waals surface area contributed by atoms with E-state index in [1.807, 2.05) is 0 Å². The van der Waals surface area contributed by atoms with Gasteiger partial charge in [-0.15, -0.1) is 11.3 Å². The van der Waals surface area contributed by atoms with E-state index in [9.17, 15) is 14.4 Å². The van der Waals surface area contributed by atoms with Gasteiger partial charge in [0, 0.05) is 10.2 Å². The third-order valence-electron chi connectivity index (χ3n) is 3.57. The zero-order valence-corrected chi connectivity index (χ0v) is 17.8. The molecule has 0 saturated heterocycles. The van der Waals surface area contributed by atoms with Gasteiger partial charge in [0.15, 0.2) is 6.10 Å². The Kier molecular flexibility index (Phi) is 6.23. The van der Waals surface area contributed by atoms with Gasteiger partial charge in [-0.05, 0) is 64.3 Å². The molecule has 0 amide bonds. The number of hydrogen-bond acceptors (Lipinski definition) is 6. The highest BCUT2D eigenvalue weighted by Gasteiger charge is 2.28. The second-order valence-corrected chi connectivity index (χ2v) is 8.49. The van der Waals surface area contributed by atoms with Crippen LogP contribution < -0.4 is 0 Å². The van der Waals surface area contributed by atoms with Gasteiger partial charge in [-0.2, -0.15) is 0 Å². The Labute approximate surface area is 165 Å². The molecule has 0 saturated carbocycles. The van der Waals surface area contributed by atoms with Gasteiger partial charge >= 0.3 is 11.9 Å². The first-order chi connectivity index (χ1) is 11.7. The van der Waals surface area contributed by atoms with E-state index in [1.165, 1.54) is 25.4 Å². The van der Waals surface area contributed by atoms with Gasteiger partial charge in [0.1, 0.15) is 4.88 Å². The Hall–Kier alpha value is -1.45. The Morgan fingerprint density at radius 1 is 1.20 bits per heavy atom. The summed E-state index contributed by atoms with van der Waals surface area (Å²) in [5.41, 5.74) is 1.54. The molecular formula is C16H15Br2NO5S. The predicted molar refractivity (Wildman–Crippen MR) is 101 cm³/mol. The van der Waals surface area contributed by atoms with Gasteiger partial charge in [0.05, 0.1) is 22.2 Å². The monoisotopic (exact) mass is 491 g/mol.